The molecular formula is C15H25NO3. The SMILES string of the molecule is Cc1ccc(OC[C@H](O)CN[C@H](C)CCO)c(C)c1. The Kier molecular flexibility index (Phi) is 6.84. The summed E-state index contributed by atoms with van der Waals surface area (Å²) in [7, 11) is 0. The highest BCUT2D eigenvalue weighted by molar-refractivity contribution is 5.35. The van der Waals surface area contributed by atoms with Gasteiger partial charge in [-0.1, -0.05) is 17.7 Å². The van der Waals surface area contributed by atoms with Crippen LogP contribution in [0.15, 0.2) is 18.2 Å². The first-order valence-corrected chi connectivity index (χ1v) is 6.75. The summed E-state index contributed by atoms with van der Waals surface area (Å²) in [5.41, 5.74) is 2.28. The van der Waals surface area contributed by atoms with Gasteiger partial charge in [0.25, 0.3) is 0 Å². The highest BCUT2D eigenvalue weighted by Gasteiger charge is 2.08. The average Bonchev–Trinajstić information content (AvgIpc) is 2.35. The zero-order valence-electron chi connectivity index (χ0n) is 12.0. The molecule has 0 bridgehead atoms. The van der Waals surface area contributed by atoms with E-state index >= 15 is 0 Å². The summed E-state index contributed by atoms with van der Waals surface area (Å²) < 4.78 is 5.61. The maximum absolute atomic E-state index is 9.82. The van der Waals surface area contributed by atoms with E-state index in [4.69, 9.17) is 9.84 Å². The van der Waals surface area contributed by atoms with Crippen LogP contribution in [0.3, 0.4) is 0 Å². The van der Waals surface area contributed by atoms with E-state index in [0.29, 0.717) is 13.0 Å². The third-order valence-corrected chi connectivity index (χ3v) is 3.03. The van der Waals surface area contributed by atoms with E-state index in [1.165, 1.54) is 5.56 Å². The minimum Gasteiger partial charge on any atom is -0.491 e. The number of aliphatic hydroxyl groups is 2. The number of hydrogen-bond acceptors (Lipinski definition) is 4. The van der Waals surface area contributed by atoms with Crippen LogP contribution in [0.5, 0.6) is 5.75 Å². The highest BCUT2D eigenvalue weighted by atomic mass is 16.5. The Bertz CT molecular complexity index is 382. The van der Waals surface area contributed by atoms with Crippen molar-refractivity contribution < 1.29 is 14.9 Å². The first-order valence-electron chi connectivity index (χ1n) is 6.75. The first-order chi connectivity index (χ1) is 9.02. The molecule has 0 fully saturated rings. The van der Waals surface area contributed by atoms with Gasteiger partial charge in [0.15, 0.2) is 0 Å². The number of rotatable bonds is 8. The number of ether oxygens (including phenoxy) is 1. The first kappa shape index (κ1) is 16.0. The molecule has 1 aromatic carbocycles. The Labute approximate surface area is 115 Å². The third-order valence-electron chi connectivity index (χ3n) is 3.03. The Morgan fingerprint density at radius 2 is 2.05 bits per heavy atom. The molecule has 0 saturated carbocycles. The van der Waals surface area contributed by atoms with Crippen molar-refractivity contribution in [3.8, 4) is 5.75 Å². The van der Waals surface area contributed by atoms with Gasteiger partial charge in [-0.25, -0.2) is 0 Å². The van der Waals surface area contributed by atoms with Gasteiger partial charge >= 0.3 is 0 Å². The summed E-state index contributed by atoms with van der Waals surface area (Å²) in [6.45, 7) is 6.90. The summed E-state index contributed by atoms with van der Waals surface area (Å²) in [6, 6.07) is 6.18. The molecule has 0 radical (unpaired) electrons. The molecule has 2 atom stereocenters. The lowest BCUT2D eigenvalue weighted by Crippen LogP contribution is -2.37. The molecule has 3 N–H and O–H groups in total. The smallest absolute Gasteiger partial charge is 0.122 e. The monoisotopic (exact) mass is 267 g/mol. The van der Waals surface area contributed by atoms with Gasteiger partial charge in [-0.2, -0.15) is 0 Å². The molecule has 0 heterocycles. The van der Waals surface area contributed by atoms with Gasteiger partial charge in [0.1, 0.15) is 18.5 Å². The standard InChI is InChI=1S/C15H25NO3/c1-11-4-5-15(12(2)8-11)19-10-14(18)9-16-13(3)6-7-17/h4-5,8,13-14,16-18H,6-7,9-10H2,1-3H3/t13-,14-/m1/s1. The van der Waals surface area contributed by atoms with Crippen LogP contribution in [0.2, 0.25) is 0 Å². The molecule has 0 unspecified atom stereocenters. The van der Waals surface area contributed by atoms with E-state index in [9.17, 15) is 5.11 Å². The second-order valence-electron chi connectivity index (χ2n) is 5.06. The average molecular weight is 267 g/mol. The molecule has 1 aromatic rings. The van der Waals surface area contributed by atoms with E-state index in [0.717, 1.165) is 11.3 Å². The van der Waals surface area contributed by atoms with Crippen LogP contribution in [0.25, 0.3) is 0 Å². The predicted octanol–water partition coefficient (Wildman–Crippen LogP) is 1.40. The largest absolute Gasteiger partial charge is 0.491 e. The van der Waals surface area contributed by atoms with E-state index < -0.39 is 6.10 Å². The van der Waals surface area contributed by atoms with Gasteiger partial charge in [0.05, 0.1) is 0 Å². The highest BCUT2D eigenvalue weighted by Crippen LogP contribution is 2.18. The summed E-state index contributed by atoms with van der Waals surface area (Å²) in [5, 5.41) is 21.8. The lowest BCUT2D eigenvalue weighted by molar-refractivity contribution is 0.102. The van der Waals surface area contributed by atoms with Gasteiger partial charge in [-0.3, -0.25) is 0 Å². The summed E-state index contributed by atoms with van der Waals surface area (Å²) in [6.07, 6.45) is 0.131. The molecule has 0 amide bonds. The second-order valence-corrected chi connectivity index (χ2v) is 5.06. The maximum Gasteiger partial charge on any atom is 0.122 e. The van der Waals surface area contributed by atoms with Crippen LogP contribution in [0.4, 0.5) is 0 Å². The van der Waals surface area contributed by atoms with Crippen LogP contribution < -0.4 is 10.1 Å². The molecule has 0 saturated heterocycles. The minimum absolute atomic E-state index is 0.156. The van der Waals surface area contributed by atoms with E-state index in [1.54, 1.807) is 0 Å². The topological polar surface area (TPSA) is 61.7 Å². The molecule has 1 rings (SSSR count). The molecular weight excluding hydrogens is 242 g/mol. The van der Waals surface area contributed by atoms with E-state index in [-0.39, 0.29) is 19.3 Å². The third kappa shape index (κ3) is 6.05. The quantitative estimate of drug-likeness (QED) is 0.666. The van der Waals surface area contributed by atoms with Gasteiger partial charge in [-0.05, 0) is 38.8 Å². The number of aryl methyl sites for hydroxylation is 2. The van der Waals surface area contributed by atoms with E-state index in [2.05, 4.69) is 11.4 Å². The second kappa shape index (κ2) is 8.15. The van der Waals surface area contributed by atoms with Crippen molar-refractivity contribution in [2.45, 2.75) is 39.3 Å². The van der Waals surface area contributed by atoms with Crippen molar-refractivity contribution in [2.75, 3.05) is 19.8 Å². The van der Waals surface area contributed by atoms with Crippen molar-refractivity contribution in [1.82, 2.24) is 5.32 Å². The van der Waals surface area contributed by atoms with Gasteiger partial charge in [0.2, 0.25) is 0 Å². The summed E-state index contributed by atoms with van der Waals surface area (Å²) in [4.78, 5) is 0. The molecule has 4 nitrogen and oxygen atoms in total. The number of hydrogen-bond donors (Lipinski definition) is 3. The van der Waals surface area contributed by atoms with Crippen LogP contribution in [-0.4, -0.2) is 42.1 Å². The predicted molar refractivity (Wildman–Crippen MR) is 76.6 cm³/mol. The fourth-order valence-corrected chi connectivity index (χ4v) is 1.84. The Morgan fingerprint density at radius 1 is 1.32 bits per heavy atom. The molecule has 0 aliphatic carbocycles. The molecule has 108 valence electrons. The number of benzene rings is 1. The van der Waals surface area contributed by atoms with Crippen LogP contribution in [0, 0.1) is 13.8 Å². The number of aliphatic hydroxyl groups excluding tert-OH is 2. The molecule has 0 aliphatic heterocycles. The summed E-state index contributed by atoms with van der Waals surface area (Å²) >= 11 is 0. The Hall–Kier alpha value is -1.10. The van der Waals surface area contributed by atoms with Crippen molar-refractivity contribution in [2.24, 2.45) is 0 Å². The van der Waals surface area contributed by atoms with Gasteiger partial charge < -0.3 is 20.3 Å². The van der Waals surface area contributed by atoms with Crippen LogP contribution >= 0.6 is 0 Å². The Balaban J connectivity index is 2.31. The summed E-state index contributed by atoms with van der Waals surface area (Å²) in [5.74, 6) is 0.813. The molecule has 4 heteroatoms. The fraction of sp³-hybridized carbons (Fsp3) is 0.600. The zero-order chi connectivity index (χ0) is 14.3. The van der Waals surface area contributed by atoms with Crippen LogP contribution in [-0.2, 0) is 0 Å². The lowest BCUT2D eigenvalue weighted by Gasteiger charge is -2.17. The normalized spacial score (nSPS) is 14.2. The van der Waals surface area contributed by atoms with Crippen molar-refractivity contribution in [1.29, 1.82) is 0 Å². The van der Waals surface area contributed by atoms with Crippen molar-refractivity contribution in [3.05, 3.63) is 29.3 Å². The lowest BCUT2D eigenvalue weighted by atomic mass is 10.1. The van der Waals surface area contributed by atoms with Gasteiger partial charge in [-0.15, -0.1) is 0 Å². The number of nitrogens with one attached hydrogen (secondary N) is 1. The minimum atomic E-state index is -0.554. The van der Waals surface area contributed by atoms with Gasteiger partial charge in [0, 0.05) is 19.2 Å². The van der Waals surface area contributed by atoms with Crippen LogP contribution in [0.1, 0.15) is 24.5 Å². The molecule has 0 aromatic heterocycles. The molecule has 0 spiro atoms. The maximum atomic E-state index is 9.82. The Morgan fingerprint density at radius 3 is 2.68 bits per heavy atom. The van der Waals surface area contributed by atoms with Crippen molar-refractivity contribution >= 4 is 0 Å². The fourth-order valence-electron chi connectivity index (χ4n) is 1.84. The van der Waals surface area contributed by atoms with Crippen molar-refractivity contribution in [3.63, 3.8) is 0 Å². The van der Waals surface area contributed by atoms with E-state index in [1.807, 2.05) is 32.9 Å². The molecule has 0 aliphatic rings. The zero-order valence-corrected chi connectivity index (χ0v) is 12.0. The molecule has 19 heavy (non-hydrogen) atoms.